The van der Waals surface area contributed by atoms with Crippen LogP contribution in [-0.2, 0) is 14.9 Å². The Kier molecular flexibility index (Phi) is 3.14. The number of rotatable bonds is 1. The fourth-order valence-electron chi connectivity index (χ4n) is 5.06. The maximum Gasteiger partial charge on any atom is 0.262 e. The zero-order chi connectivity index (χ0) is 19.8. The first-order valence-corrected chi connectivity index (χ1v) is 9.78. The molecule has 7 rings (SSSR count). The van der Waals surface area contributed by atoms with Crippen LogP contribution in [-0.4, -0.2) is 28.0 Å². The quantitative estimate of drug-likeness (QED) is 0.697. The Morgan fingerprint density at radius 2 is 1.97 bits per heavy atom. The molecular weight excluding hydrogens is 368 g/mol. The van der Waals surface area contributed by atoms with Crippen molar-refractivity contribution in [3.8, 4) is 0 Å². The molecule has 0 aliphatic carbocycles. The van der Waals surface area contributed by atoms with Gasteiger partial charge in [0, 0.05) is 5.69 Å². The lowest BCUT2D eigenvalue weighted by Gasteiger charge is -2.46. The van der Waals surface area contributed by atoms with Gasteiger partial charge in [-0.3, -0.25) is 14.2 Å². The molecule has 0 saturated carbocycles. The van der Waals surface area contributed by atoms with Crippen molar-refractivity contribution >= 4 is 28.4 Å². The van der Waals surface area contributed by atoms with E-state index in [1.165, 1.54) is 0 Å². The van der Waals surface area contributed by atoms with Crippen LogP contribution in [0, 0.1) is 0 Å². The molecule has 4 aliphatic heterocycles. The molecule has 3 atom stereocenters. The van der Waals surface area contributed by atoms with E-state index in [4.69, 9.17) is 14.7 Å². The van der Waals surface area contributed by atoms with E-state index in [0.717, 1.165) is 11.3 Å². The number of hydrogen-bond donors (Lipinski definition) is 1. The van der Waals surface area contributed by atoms with Gasteiger partial charge in [0.15, 0.2) is 0 Å². The first-order valence-electron chi connectivity index (χ1n) is 9.78. The van der Waals surface area contributed by atoms with Gasteiger partial charge in [0.2, 0.25) is 11.8 Å². The SMILES string of the molecule is CCOC1=N[C@H]2c3nc4ccccc4c(=O)n3[C@@H]1C[C@@]21C(=O)Nc2ccccc21. The largest absolute Gasteiger partial charge is 0.480 e. The van der Waals surface area contributed by atoms with Crippen LogP contribution in [0.15, 0.2) is 58.3 Å². The molecule has 1 aromatic heterocycles. The lowest BCUT2D eigenvalue weighted by atomic mass is 9.66. The Morgan fingerprint density at radius 1 is 1.17 bits per heavy atom. The van der Waals surface area contributed by atoms with E-state index in [1.54, 1.807) is 10.6 Å². The summed E-state index contributed by atoms with van der Waals surface area (Å²) < 4.78 is 7.48. The molecule has 0 radical (unpaired) electrons. The normalized spacial score (nSPS) is 26.2. The van der Waals surface area contributed by atoms with Crippen molar-refractivity contribution in [1.29, 1.82) is 0 Å². The molecule has 3 aromatic rings. The summed E-state index contributed by atoms with van der Waals surface area (Å²) in [7, 11) is 0. The molecule has 2 aromatic carbocycles. The van der Waals surface area contributed by atoms with Crippen LogP contribution < -0.4 is 10.9 Å². The molecule has 4 aliphatic rings. The van der Waals surface area contributed by atoms with Gasteiger partial charge in [-0.15, -0.1) is 0 Å². The predicted molar refractivity (Wildman–Crippen MR) is 108 cm³/mol. The molecule has 0 fully saturated rings. The van der Waals surface area contributed by atoms with Crippen molar-refractivity contribution in [2.24, 2.45) is 4.99 Å². The number of carbonyl (C=O) groups excluding carboxylic acids is 1. The topological polar surface area (TPSA) is 85.6 Å². The Hall–Kier alpha value is -3.48. The number of anilines is 1. The van der Waals surface area contributed by atoms with Gasteiger partial charge >= 0.3 is 0 Å². The summed E-state index contributed by atoms with van der Waals surface area (Å²) in [6.07, 6.45) is 0.423. The number of aliphatic imine (C=N–C) groups is 1. The first kappa shape index (κ1) is 16.5. The van der Waals surface area contributed by atoms with Gasteiger partial charge in [-0.1, -0.05) is 30.3 Å². The highest BCUT2D eigenvalue weighted by Crippen LogP contribution is 2.57. The molecule has 7 heteroatoms. The van der Waals surface area contributed by atoms with E-state index in [1.807, 2.05) is 49.4 Å². The van der Waals surface area contributed by atoms with E-state index in [2.05, 4.69) is 5.32 Å². The number of fused-ring (bicyclic) bond motifs is 2. The molecule has 7 nitrogen and oxygen atoms in total. The number of benzene rings is 2. The van der Waals surface area contributed by atoms with Crippen molar-refractivity contribution < 1.29 is 9.53 Å². The summed E-state index contributed by atoms with van der Waals surface area (Å²) in [5.41, 5.74) is 1.32. The highest BCUT2D eigenvalue weighted by atomic mass is 16.5. The molecule has 5 heterocycles. The van der Waals surface area contributed by atoms with E-state index in [-0.39, 0.29) is 11.5 Å². The number of aromatic nitrogens is 2. The second kappa shape index (κ2) is 5.53. The summed E-state index contributed by atoms with van der Waals surface area (Å²) in [4.78, 5) is 36.3. The summed E-state index contributed by atoms with van der Waals surface area (Å²) in [5, 5.41) is 3.57. The van der Waals surface area contributed by atoms with Crippen LogP contribution in [0.4, 0.5) is 5.69 Å². The van der Waals surface area contributed by atoms with Crippen LogP contribution in [0.1, 0.15) is 36.8 Å². The number of amides is 1. The molecule has 29 heavy (non-hydrogen) atoms. The lowest BCUT2D eigenvalue weighted by molar-refractivity contribution is -0.123. The Balaban J connectivity index is 1.68. The minimum atomic E-state index is -0.885. The average molecular weight is 386 g/mol. The van der Waals surface area contributed by atoms with Crippen LogP contribution in [0.2, 0.25) is 0 Å². The first-order chi connectivity index (χ1) is 14.1. The molecule has 1 spiro atoms. The average Bonchev–Trinajstić information content (AvgIpc) is 3.01. The fourth-order valence-corrected chi connectivity index (χ4v) is 5.06. The number of nitrogens with one attached hydrogen (secondary N) is 1. The molecule has 1 amide bonds. The van der Waals surface area contributed by atoms with Crippen LogP contribution in [0.3, 0.4) is 0 Å². The summed E-state index contributed by atoms with van der Waals surface area (Å²) in [6.45, 7) is 2.34. The highest BCUT2D eigenvalue weighted by molar-refractivity contribution is 6.08. The number of para-hydroxylation sites is 2. The van der Waals surface area contributed by atoms with E-state index < -0.39 is 17.5 Å². The van der Waals surface area contributed by atoms with Crippen LogP contribution in [0.25, 0.3) is 10.9 Å². The predicted octanol–water partition coefficient (Wildman–Crippen LogP) is 2.72. The third-order valence-corrected chi connectivity index (χ3v) is 6.27. The van der Waals surface area contributed by atoms with Crippen molar-refractivity contribution in [1.82, 2.24) is 9.55 Å². The minimum absolute atomic E-state index is 0.0957. The molecule has 1 N–H and O–H groups in total. The molecule has 144 valence electrons. The number of hydrogen-bond acceptors (Lipinski definition) is 5. The van der Waals surface area contributed by atoms with Crippen LogP contribution >= 0.6 is 0 Å². The minimum Gasteiger partial charge on any atom is -0.480 e. The number of ether oxygens (including phenoxy) is 1. The highest BCUT2D eigenvalue weighted by Gasteiger charge is 2.62. The second-order valence-corrected chi connectivity index (χ2v) is 7.66. The third-order valence-electron chi connectivity index (χ3n) is 6.27. The molecule has 0 unspecified atom stereocenters. The van der Waals surface area contributed by atoms with Crippen molar-refractivity contribution in [3.05, 3.63) is 70.3 Å². The van der Waals surface area contributed by atoms with Gasteiger partial charge in [-0.2, -0.15) is 0 Å². The smallest absolute Gasteiger partial charge is 0.262 e. The van der Waals surface area contributed by atoms with Crippen molar-refractivity contribution in [3.63, 3.8) is 0 Å². The number of nitrogens with zero attached hydrogens (tertiary/aromatic N) is 3. The fraction of sp³-hybridized carbons (Fsp3) is 0.273. The van der Waals surface area contributed by atoms with E-state index in [9.17, 15) is 9.59 Å². The molecule has 2 bridgehead atoms. The number of carbonyl (C=O) groups is 1. The zero-order valence-corrected chi connectivity index (χ0v) is 15.8. The Labute approximate surface area is 166 Å². The zero-order valence-electron chi connectivity index (χ0n) is 15.8. The standard InChI is InChI=1S/C22H18N4O3/c1-2-29-19-16-11-22(13-8-4-6-10-15(13)24-21(22)28)17(25-19)18-23-14-9-5-3-7-12(14)20(27)26(16)18/h3-10,16-17H,2,11H2,1H3,(H,24,28)/t16-,17+,22+/m1/s1. The maximum absolute atomic E-state index is 13.4. The van der Waals surface area contributed by atoms with Crippen LogP contribution in [0.5, 0.6) is 0 Å². The van der Waals surface area contributed by atoms with E-state index >= 15 is 0 Å². The van der Waals surface area contributed by atoms with Gasteiger partial charge in [0.25, 0.3) is 5.56 Å². The van der Waals surface area contributed by atoms with Gasteiger partial charge < -0.3 is 10.1 Å². The Bertz CT molecular complexity index is 1290. The third kappa shape index (κ3) is 1.92. The monoisotopic (exact) mass is 386 g/mol. The van der Waals surface area contributed by atoms with Gasteiger partial charge in [0.05, 0.1) is 17.5 Å². The molecular formula is C22H18N4O3. The second-order valence-electron chi connectivity index (χ2n) is 7.66. The lowest BCUT2D eigenvalue weighted by Crippen LogP contribution is -2.55. The Morgan fingerprint density at radius 3 is 2.83 bits per heavy atom. The molecule has 0 saturated heterocycles. The van der Waals surface area contributed by atoms with Gasteiger partial charge in [-0.25, -0.2) is 9.98 Å². The van der Waals surface area contributed by atoms with Crippen molar-refractivity contribution in [2.75, 3.05) is 11.9 Å². The summed E-state index contributed by atoms with van der Waals surface area (Å²) in [6, 6.07) is 13.9. The maximum atomic E-state index is 13.4. The summed E-state index contributed by atoms with van der Waals surface area (Å²) in [5.74, 6) is 0.939. The van der Waals surface area contributed by atoms with E-state index in [0.29, 0.717) is 35.7 Å². The van der Waals surface area contributed by atoms with Gasteiger partial charge in [0.1, 0.15) is 23.3 Å². The van der Waals surface area contributed by atoms with Gasteiger partial charge in [-0.05, 0) is 37.1 Å². The van der Waals surface area contributed by atoms with Crippen molar-refractivity contribution in [2.45, 2.75) is 30.8 Å². The summed E-state index contributed by atoms with van der Waals surface area (Å²) >= 11 is 0.